The zero-order chi connectivity index (χ0) is 18.5. The van der Waals surface area contributed by atoms with Crippen molar-refractivity contribution in [1.82, 2.24) is 0 Å². The summed E-state index contributed by atoms with van der Waals surface area (Å²) in [6, 6.07) is 20.2. The Morgan fingerprint density at radius 3 is 2.46 bits per heavy atom. The van der Waals surface area contributed by atoms with E-state index < -0.39 is 0 Å². The van der Waals surface area contributed by atoms with Gasteiger partial charge in [-0.3, -0.25) is 4.79 Å². The Morgan fingerprint density at radius 1 is 1.00 bits per heavy atom. The van der Waals surface area contributed by atoms with Gasteiger partial charge in [0, 0.05) is 5.56 Å². The van der Waals surface area contributed by atoms with Crippen LogP contribution in [-0.2, 0) is 6.61 Å². The number of benzene rings is 3. The van der Waals surface area contributed by atoms with E-state index in [4.69, 9.17) is 27.9 Å². The van der Waals surface area contributed by atoms with Crippen LogP contribution in [0, 0.1) is 6.92 Å². The van der Waals surface area contributed by atoms with Gasteiger partial charge in [0.15, 0.2) is 0 Å². The van der Waals surface area contributed by atoms with Crippen LogP contribution >= 0.6 is 23.2 Å². The molecule has 0 atom stereocenters. The molecule has 0 fully saturated rings. The van der Waals surface area contributed by atoms with Crippen LogP contribution < -0.4 is 10.1 Å². The van der Waals surface area contributed by atoms with Crippen molar-refractivity contribution >= 4 is 34.8 Å². The van der Waals surface area contributed by atoms with Gasteiger partial charge in [0.1, 0.15) is 12.4 Å². The molecule has 5 heteroatoms. The lowest BCUT2D eigenvalue weighted by Crippen LogP contribution is -2.12. The Labute approximate surface area is 162 Å². The largest absolute Gasteiger partial charge is 0.489 e. The van der Waals surface area contributed by atoms with Crippen molar-refractivity contribution < 1.29 is 9.53 Å². The highest BCUT2D eigenvalue weighted by Gasteiger charge is 2.10. The zero-order valence-electron chi connectivity index (χ0n) is 14.1. The van der Waals surface area contributed by atoms with E-state index in [0.717, 1.165) is 16.9 Å². The molecule has 0 aliphatic carbocycles. The number of amides is 1. The molecule has 0 spiro atoms. The molecule has 3 nitrogen and oxygen atoms in total. The number of aryl methyl sites for hydroxylation is 1. The van der Waals surface area contributed by atoms with Crippen LogP contribution in [0.3, 0.4) is 0 Å². The maximum Gasteiger partial charge on any atom is 0.255 e. The Kier molecular flexibility index (Phi) is 5.82. The maximum atomic E-state index is 12.4. The molecule has 3 aromatic carbocycles. The van der Waals surface area contributed by atoms with Crippen molar-refractivity contribution in [3.8, 4) is 5.75 Å². The molecule has 3 aromatic rings. The lowest BCUT2D eigenvalue weighted by Gasteiger charge is -2.10. The molecular weight excluding hydrogens is 369 g/mol. The smallest absolute Gasteiger partial charge is 0.255 e. The first-order chi connectivity index (χ1) is 12.5. The highest BCUT2D eigenvalue weighted by molar-refractivity contribution is 6.44. The van der Waals surface area contributed by atoms with Gasteiger partial charge < -0.3 is 10.1 Å². The molecule has 132 valence electrons. The zero-order valence-corrected chi connectivity index (χ0v) is 15.6. The van der Waals surface area contributed by atoms with E-state index in [2.05, 4.69) is 5.32 Å². The molecule has 1 amide bonds. The number of ether oxygens (including phenoxy) is 1. The number of carbonyl (C=O) groups is 1. The van der Waals surface area contributed by atoms with Crippen LogP contribution in [0.2, 0.25) is 10.0 Å². The van der Waals surface area contributed by atoms with E-state index >= 15 is 0 Å². The average molecular weight is 386 g/mol. The molecule has 0 aliphatic heterocycles. The third-order valence-corrected chi connectivity index (χ3v) is 4.63. The second-order valence-electron chi connectivity index (χ2n) is 5.86. The molecule has 26 heavy (non-hydrogen) atoms. The van der Waals surface area contributed by atoms with Gasteiger partial charge in [0.2, 0.25) is 0 Å². The van der Waals surface area contributed by atoms with Crippen molar-refractivity contribution in [3.05, 3.63) is 93.5 Å². The molecule has 1 N–H and O–H groups in total. The molecule has 3 rings (SSSR count). The van der Waals surface area contributed by atoms with Crippen LogP contribution in [0.4, 0.5) is 5.69 Å². The second kappa shape index (κ2) is 8.26. The van der Waals surface area contributed by atoms with Crippen molar-refractivity contribution in [1.29, 1.82) is 0 Å². The van der Waals surface area contributed by atoms with Gasteiger partial charge in [-0.15, -0.1) is 0 Å². The normalized spacial score (nSPS) is 10.4. The number of carbonyl (C=O) groups excluding carboxylic acids is 1. The number of nitrogens with one attached hydrogen (secondary N) is 1. The average Bonchev–Trinajstić information content (AvgIpc) is 2.64. The Balaban J connectivity index is 1.63. The van der Waals surface area contributed by atoms with E-state index in [1.807, 2.05) is 43.3 Å². The minimum Gasteiger partial charge on any atom is -0.489 e. The topological polar surface area (TPSA) is 38.3 Å². The minimum atomic E-state index is -0.250. The standard InChI is InChI=1S/C21H17Cl2NO2/c1-14-4-2-5-17(12-14)26-13-15-8-10-16(11-9-15)21(25)24-19-7-3-6-18(22)20(19)23/h2-12H,13H2,1H3,(H,24,25). The molecule has 0 heterocycles. The summed E-state index contributed by atoms with van der Waals surface area (Å²) in [5, 5.41) is 3.49. The maximum absolute atomic E-state index is 12.4. The van der Waals surface area contributed by atoms with Crippen molar-refractivity contribution in [2.24, 2.45) is 0 Å². The molecular formula is C21H17Cl2NO2. The highest BCUT2D eigenvalue weighted by Crippen LogP contribution is 2.29. The van der Waals surface area contributed by atoms with Gasteiger partial charge in [-0.25, -0.2) is 0 Å². The predicted molar refractivity (Wildman–Crippen MR) is 106 cm³/mol. The summed E-state index contributed by atoms with van der Waals surface area (Å²) in [5.41, 5.74) is 3.13. The minimum absolute atomic E-state index is 0.250. The van der Waals surface area contributed by atoms with Crippen LogP contribution in [0.5, 0.6) is 5.75 Å². The van der Waals surface area contributed by atoms with Gasteiger partial charge >= 0.3 is 0 Å². The summed E-state index contributed by atoms with van der Waals surface area (Å²) in [7, 11) is 0. The number of anilines is 1. The Hall–Kier alpha value is -2.49. The highest BCUT2D eigenvalue weighted by atomic mass is 35.5. The summed E-state index contributed by atoms with van der Waals surface area (Å²) in [6.07, 6.45) is 0. The quantitative estimate of drug-likeness (QED) is 0.573. The Morgan fingerprint density at radius 2 is 1.73 bits per heavy atom. The predicted octanol–water partition coefficient (Wildman–Crippen LogP) is 6.13. The molecule has 0 radical (unpaired) electrons. The lowest BCUT2D eigenvalue weighted by molar-refractivity contribution is 0.102. The lowest BCUT2D eigenvalue weighted by atomic mass is 10.1. The van der Waals surface area contributed by atoms with Crippen LogP contribution in [0.15, 0.2) is 66.7 Å². The van der Waals surface area contributed by atoms with Crippen molar-refractivity contribution in [3.63, 3.8) is 0 Å². The van der Waals surface area contributed by atoms with E-state index in [9.17, 15) is 4.79 Å². The fourth-order valence-electron chi connectivity index (χ4n) is 2.42. The van der Waals surface area contributed by atoms with E-state index in [1.54, 1.807) is 30.3 Å². The summed E-state index contributed by atoms with van der Waals surface area (Å²) < 4.78 is 5.77. The van der Waals surface area contributed by atoms with Crippen LogP contribution in [0.1, 0.15) is 21.5 Å². The number of halogens is 2. The third-order valence-electron chi connectivity index (χ3n) is 3.81. The number of rotatable bonds is 5. The fraction of sp³-hybridized carbons (Fsp3) is 0.0952. The number of hydrogen-bond acceptors (Lipinski definition) is 2. The third kappa shape index (κ3) is 4.57. The summed E-state index contributed by atoms with van der Waals surface area (Å²) in [6.45, 7) is 2.46. The van der Waals surface area contributed by atoms with Gasteiger partial charge in [0.25, 0.3) is 5.91 Å². The first-order valence-electron chi connectivity index (χ1n) is 8.07. The molecule has 0 bridgehead atoms. The molecule has 0 unspecified atom stereocenters. The first kappa shape index (κ1) is 18.3. The van der Waals surface area contributed by atoms with Gasteiger partial charge in [-0.1, -0.05) is 53.5 Å². The van der Waals surface area contributed by atoms with E-state index in [0.29, 0.717) is 27.9 Å². The van der Waals surface area contributed by atoms with Gasteiger partial charge in [-0.05, 0) is 54.4 Å². The second-order valence-corrected chi connectivity index (χ2v) is 6.64. The molecule has 0 aliphatic rings. The molecule has 0 saturated heterocycles. The van der Waals surface area contributed by atoms with Crippen LogP contribution in [0.25, 0.3) is 0 Å². The van der Waals surface area contributed by atoms with E-state index in [1.165, 1.54) is 0 Å². The monoisotopic (exact) mass is 385 g/mol. The molecule has 0 saturated carbocycles. The van der Waals surface area contributed by atoms with Crippen molar-refractivity contribution in [2.75, 3.05) is 5.32 Å². The van der Waals surface area contributed by atoms with Gasteiger partial charge in [-0.2, -0.15) is 0 Å². The Bertz CT molecular complexity index is 924. The molecule has 0 aromatic heterocycles. The number of hydrogen-bond donors (Lipinski definition) is 1. The van der Waals surface area contributed by atoms with E-state index in [-0.39, 0.29) is 5.91 Å². The summed E-state index contributed by atoms with van der Waals surface area (Å²) in [5.74, 6) is 0.572. The summed E-state index contributed by atoms with van der Waals surface area (Å²) >= 11 is 12.1. The van der Waals surface area contributed by atoms with Crippen molar-refractivity contribution in [2.45, 2.75) is 13.5 Å². The first-order valence-corrected chi connectivity index (χ1v) is 8.82. The SMILES string of the molecule is Cc1cccc(OCc2ccc(C(=O)Nc3cccc(Cl)c3Cl)cc2)c1. The summed E-state index contributed by atoms with van der Waals surface area (Å²) in [4.78, 5) is 12.4. The van der Waals surface area contributed by atoms with Gasteiger partial charge in [0.05, 0.1) is 15.7 Å². The van der Waals surface area contributed by atoms with Crippen LogP contribution in [-0.4, -0.2) is 5.91 Å². The fourth-order valence-corrected chi connectivity index (χ4v) is 2.77.